The first kappa shape index (κ1) is 19.9. The lowest BCUT2D eigenvalue weighted by atomic mass is 9.49. The van der Waals surface area contributed by atoms with Crippen molar-refractivity contribution in [3.05, 3.63) is 35.4 Å². The van der Waals surface area contributed by atoms with Crippen molar-refractivity contribution in [2.24, 2.45) is 29.1 Å². The maximum atomic E-state index is 13.3. The van der Waals surface area contributed by atoms with E-state index in [-0.39, 0.29) is 17.8 Å². The van der Waals surface area contributed by atoms with Crippen molar-refractivity contribution in [3.8, 4) is 0 Å². The van der Waals surface area contributed by atoms with Gasteiger partial charge >= 0.3 is 0 Å². The summed E-state index contributed by atoms with van der Waals surface area (Å²) in [6.07, 6.45) is 11.4. The molecule has 5 fully saturated rings. The van der Waals surface area contributed by atoms with Crippen molar-refractivity contribution < 1.29 is 4.79 Å². The van der Waals surface area contributed by atoms with Gasteiger partial charge in [0.25, 0.3) is 0 Å². The van der Waals surface area contributed by atoms with Crippen LogP contribution >= 0.6 is 12.4 Å². The number of amides is 1. The largest absolute Gasteiger partial charge is 0.352 e. The Morgan fingerprint density at radius 3 is 2.17 bits per heavy atom. The van der Waals surface area contributed by atoms with Gasteiger partial charge in [0, 0.05) is 31.1 Å². The molecule has 158 valence electrons. The zero-order valence-electron chi connectivity index (χ0n) is 17.4. The lowest BCUT2D eigenvalue weighted by Gasteiger charge is -2.55. The minimum Gasteiger partial charge on any atom is -0.352 e. The standard InChI is InChI=1S/C25H34N2O.ClH/c28-24(25-12-17-7-18(13-25)9-19(8-17)14-25)26-23-5-6-27(16-23)15-20-10-21-3-1-2-4-22(21)11-20;/h1-4,17-20,23H,5-16H2,(H,26,28);1H/t17?,18?,19?,23-,25?;/m0./s1. The number of carbonyl (C=O) groups is 1. The van der Waals surface area contributed by atoms with E-state index < -0.39 is 0 Å². The number of fused-ring (bicyclic) bond motifs is 1. The van der Waals surface area contributed by atoms with E-state index in [0.29, 0.717) is 11.9 Å². The topological polar surface area (TPSA) is 32.3 Å². The van der Waals surface area contributed by atoms with E-state index in [1.165, 1.54) is 57.9 Å². The minimum absolute atomic E-state index is 0. The number of hydrogen-bond donors (Lipinski definition) is 1. The Balaban J connectivity index is 0.00000181. The summed E-state index contributed by atoms with van der Waals surface area (Å²) in [5.41, 5.74) is 3.12. The predicted molar refractivity (Wildman–Crippen MR) is 118 cm³/mol. The van der Waals surface area contributed by atoms with E-state index >= 15 is 0 Å². The highest BCUT2D eigenvalue weighted by Crippen LogP contribution is 2.60. The average Bonchev–Trinajstić information content (AvgIpc) is 3.26. The molecule has 1 saturated heterocycles. The molecule has 1 aliphatic heterocycles. The van der Waals surface area contributed by atoms with Crippen molar-refractivity contribution in [1.29, 1.82) is 0 Å². The second kappa shape index (κ2) is 7.57. The summed E-state index contributed by atoms with van der Waals surface area (Å²) in [5, 5.41) is 3.53. The molecule has 1 atom stereocenters. The first-order valence-electron chi connectivity index (χ1n) is 11.8. The van der Waals surface area contributed by atoms with Crippen molar-refractivity contribution in [2.45, 2.75) is 63.8 Å². The summed E-state index contributed by atoms with van der Waals surface area (Å²) in [6, 6.07) is 9.33. The second-order valence-corrected chi connectivity index (χ2v) is 11.0. The maximum absolute atomic E-state index is 13.3. The minimum atomic E-state index is 0. The van der Waals surface area contributed by atoms with Crippen LogP contribution in [0.3, 0.4) is 0 Å². The van der Waals surface area contributed by atoms with Crippen LogP contribution < -0.4 is 5.32 Å². The van der Waals surface area contributed by atoms with Gasteiger partial charge in [-0.3, -0.25) is 4.79 Å². The molecule has 4 saturated carbocycles. The van der Waals surface area contributed by atoms with Gasteiger partial charge in [0.05, 0.1) is 0 Å². The molecule has 0 radical (unpaired) electrons. The Bertz CT molecular complexity index is 718. The number of rotatable bonds is 4. The van der Waals surface area contributed by atoms with Crippen LogP contribution in [0.1, 0.15) is 56.1 Å². The maximum Gasteiger partial charge on any atom is 0.226 e. The Hall–Kier alpha value is -1.06. The third-order valence-corrected chi connectivity index (χ3v) is 8.78. The molecule has 1 N–H and O–H groups in total. The number of hydrogen-bond acceptors (Lipinski definition) is 2. The van der Waals surface area contributed by atoms with Crippen molar-refractivity contribution in [3.63, 3.8) is 0 Å². The first-order valence-corrected chi connectivity index (χ1v) is 11.8. The molecule has 0 aromatic heterocycles. The number of halogens is 1. The molecule has 5 aliphatic carbocycles. The molecule has 4 bridgehead atoms. The SMILES string of the molecule is Cl.O=C(N[C@H]1CCN(CC2Cc3ccccc3C2)C1)C12CC3CC(CC(C3)C1)C2. The number of likely N-dealkylation sites (tertiary alicyclic amines) is 1. The molecular weight excluding hydrogens is 380 g/mol. The van der Waals surface area contributed by atoms with Gasteiger partial charge in [0.1, 0.15) is 0 Å². The van der Waals surface area contributed by atoms with E-state index in [1.807, 2.05) is 0 Å². The molecule has 29 heavy (non-hydrogen) atoms. The van der Waals surface area contributed by atoms with Crippen LogP contribution in [0.5, 0.6) is 0 Å². The third kappa shape index (κ3) is 3.63. The Morgan fingerprint density at radius 1 is 1.00 bits per heavy atom. The number of nitrogens with zero attached hydrogens (tertiary/aromatic N) is 1. The summed E-state index contributed by atoms with van der Waals surface area (Å²) in [4.78, 5) is 15.9. The number of nitrogens with one attached hydrogen (secondary N) is 1. The normalized spacial score (nSPS) is 38.1. The van der Waals surface area contributed by atoms with Gasteiger partial charge in [0.2, 0.25) is 5.91 Å². The first-order chi connectivity index (χ1) is 13.6. The van der Waals surface area contributed by atoms with Crippen LogP contribution in [-0.4, -0.2) is 36.5 Å². The highest BCUT2D eigenvalue weighted by atomic mass is 35.5. The summed E-state index contributed by atoms with van der Waals surface area (Å²) in [6.45, 7) is 3.40. The fourth-order valence-electron chi connectivity index (χ4n) is 7.99. The van der Waals surface area contributed by atoms with Gasteiger partial charge in [-0.1, -0.05) is 24.3 Å². The molecule has 1 aromatic carbocycles. The smallest absolute Gasteiger partial charge is 0.226 e. The van der Waals surface area contributed by atoms with Crippen LogP contribution in [0.25, 0.3) is 0 Å². The molecule has 1 heterocycles. The van der Waals surface area contributed by atoms with Crippen LogP contribution in [0.4, 0.5) is 0 Å². The molecule has 0 spiro atoms. The fraction of sp³-hybridized carbons (Fsp3) is 0.720. The Morgan fingerprint density at radius 2 is 1.59 bits per heavy atom. The van der Waals surface area contributed by atoms with E-state index in [4.69, 9.17) is 0 Å². The van der Waals surface area contributed by atoms with E-state index in [0.717, 1.165) is 43.2 Å². The zero-order chi connectivity index (χ0) is 18.7. The molecule has 7 rings (SSSR count). The van der Waals surface area contributed by atoms with Gasteiger partial charge in [-0.05, 0) is 92.6 Å². The van der Waals surface area contributed by atoms with Crippen molar-refractivity contribution in [2.75, 3.05) is 19.6 Å². The van der Waals surface area contributed by atoms with E-state index in [1.54, 1.807) is 11.1 Å². The van der Waals surface area contributed by atoms with Gasteiger partial charge in [0.15, 0.2) is 0 Å². The Kier molecular flexibility index (Phi) is 5.19. The van der Waals surface area contributed by atoms with Gasteiger partial charge in [-0.15, -0.1) is 12.4 Å². The summed E-state index contributed by atoms with van der Waals surface area (Å²) in [5.74, 6) is 3.73. The van der Waals surface area contributed by atoms with Crippen molar-refractivity contribution >= 4 is 18.3 Å². The lowest BCUT2D eigenvalue weighted by molar-refractivity contribution is -0.146. The molecule has 1 amide bonds. The van der Waals surface area contributed by atoms with E-state index in [9.17, 15) is 4.79 Å². The van der Waals surface area contributed by atoms with Crippen LogP contribution in [0.2, 0.25) is 0 Å². The zero-order valence-corrected chi connectivity index (χ0v) is 18.3. The summed E-state index contributed by atoms with van der Waals surface area (Å²) < 4.78 is 0. The van der Waals surface area contributed by atoms with Crippen molar-refractivity contribution in [1.82, 2.24) is 10.2 Å². The highest BCUT2D eigenvalue weighted by molar-refractivity contribution is 5.85. The molecule has 0 unspecified atom stereocenters. The van der Waals surface area contributed by atoms with Crippen LogP contribution in [0.15, 0.2) is 24.3 Å². The molecule has 1 aromatic rings. The quantitative estimate of drug-likeness (QED) is 0.799. The van der Waals surface area contributed by atoms with E-state index in [2.05, 4.69) is 34.5 Å². The monoisotopic (exact) mass is 414 g/mol. The van der Waals surface area contributed by atoms with Crippen LogP contribution in [-0.2, 0) is 17.6 Å². The second-order valence-electron chi connectivity index (χ2n) is 11.0. The lowest BCUT2D eigenvalue weighted by Crippen LogP contribution is -2.55. The number of benzene rings is 1. The Labute approximate surface area is 181 Å². The molecule has 3 nitrogen and oxygen atoms in total. The predicted octanol–water partition coefficient (Wildman–Crippen LogP) is 4.23. The van der Waals surface area contributed by atoms with Crippen LogP contribution in [0, 0.1) is 29.1 Å². The summed E-state index contributed by atoms with van der Waals surface area (Å²) >= 11 is 0. The summed E-state index contributed by atoms with van der Waals surface area (Å²) in [7, 11) is 0. The number of carbonyl (C=O) groups excluding carboxylic acids is 1. The third-order valence-electron chi connectivity index (χ3n) is 8.78. The highest BCUT2D eigenvalue weighted by Gasteiger charge is 2.54. The fourth-order valence-corrected chi connectivity index (χ4v) is 7.99. The molecule has 6 aliphatic rings. The molecule has 4 heteroatoms. The molecular formula is C25H35ClN2O. The van der Waals surface area contributed by atoms with Gasteiger partial charge in [-0.2, -0.15) is 0 Å². The average molecular weight is 415 g/mol. The van der Waals surface area contributed by atoms with Gasteiger partial charge in [-0.25, -0.2) is 0 Å². The van der Waals surface area contributed by atoms with Gasteiger partial charge < -0.3 is 10.2 Å².